The van der Waals surface area contributed by atoms with Gasteiger partial charge < -0.3 is 5.32 Å². The first-order valence-electron chi connectivity index (χ1n) is 10.1. The lowest BCUT2D eigenvalue weighted by Gasteiger charge is -2.15. The predicted molar refractivity (Wildman–Crippen MR) is 121 cm³/mol. The molecule has 1 aromatic carbocycles. The first-order valence-corrected chi connectivity index (χ1v) is 12.4. The van der Waals surface area contributed by atoms with Crippen LogP contribution in [0.3, 0.4) is 0 Å². The van der Waals surface area contributed by atoms with E-state index in [1.54, 1.807) is 12.1 Å². The van der Waals surface area contributed by atoms with Crippen molar-refractivity contribution in [1.82, 2.24) is 13.9 Å². The van der Waals surface area contributed by atoms with Crippen LogP contribution in [0.4, 0.5) is 5.69 Å². The number of hydrogen-bond acceptors (Lipinski definition) is 6. The summed E-state index contributed by atoms with van der Waals surface area (Å²) in [5, 5.41) is 3.36. The maximum absolute atomic E-state index is 12.7. The minimum Gasteiger partial charge on any atom is -0.326 e. The number of rotatable bonds is 6. The minimum absolute atomic E-state index is 0.100. The standard InChI is InChI=1S/C21H24N4O4S2/c1-14-15(2)30-20-19(14)21(27)24(13-22-20)12-9-18(26)23-16-5-7-17(8-6-16)31(28,29)25-10-3-4-11-25/h5-8,13H,3-4,9-12H2,1-2H3,(H,23,26). The van der Waals surface area contributed by atoms with Crippen LogP contribution >= 0.6 is 11.3 Å². The summed E-state index contributed by atoms with van der Waals surface area (Å²) in [5.74, 6) is -0.264. The normalized spacial score (nSPS) is 14.9. The number of aromatic nitrogens is 2. The third-order valence-corrected chi connectivity index (χ3v) is 8.60. The molecular weight excluding hydrogens is 436 g/mol. The fraction of sp³-hybridized carbons (Fsp3) is 0.381. The van der Waals surface area contributed by atoms with Crippen molar-refractivity contribution < 1.29 is 13.2 Å². The van der Waals surface area contributed by atoms with E-state index >= 15 is 0 Å². The fourth-order valence-electron chi connectivity index (χ4n) is 3.66. The number of nitrogens with zero attached hydrogens (tertiary/aromatic N) is 3. The summed E-state index contributed by atoms with van der Waals surface area (Å²) < 4.78 is 28.1. The summed E-state index contributed by atoms with van der Waals surface area (Å²) in [6.07, 6.45) is 3.34. The van der Waals surface area contributed by atoms with E-state index in [9.17, 15) is 18.0 Å². The molecule has 3 heterocycles. The van der Waals surface area contributed by atoms with Crippen LogP contribution in [0.1, 0.15) is 29.7 Å². The van der Waals surface area contributed by atoms with E-state index in [0.717, 1.165) is 23.3 Å². The molecule has 8 nitrogen and oxygen atoms in total. The number of anilines is 1. The van der Waals surface area contributed by atoms with E-state index in [0.29, 0.717) is 29.0 Å². The van der Waals surface area contributed by atoms with Gasteiger partial charge in [-0.2, -0.15) is 4.31 Å². The number of hydrogen-bond donors (Lipinski definition) is 1. The van der Waals surface area contributed by atoms with Crippen LogP contribution in [0.5, 0.6) is 0 Å². The van der Waals surface area contributed by atoms with Crippen LogP contribution in [0, 0.1) is 13.8 Å². The van der Waals surface area contributed by atoms with Crippen LogP contribution in [-0.2, 0) is 21.4 Å². The number of fused-ring (bicyclic) bond motifs is 1. The topological polar surface area (TPSA) is 101 Å². The number of benzene rings is 1. The van der Waals surface area contributed by atoms with Crippen molar-refractivity contribution in [2.75, 3.05) is 18.4 Å². The lowest BCUT2D eigenvalue weighted by molar-refractivity contribution is -0.116. The molecule has 4 rings (SSSR count). The summed E-state index contributed by atoms with van der Waals surface area (Å²) in [4.78, 5) is 31.4. The average molecular weight is 461 g/mol. The molecule has 1 amide bonds. The second kappa shape index (κ2) is 8.52. The van der Waals surface area contributed by atoms with Gasteiger partial charge >= 0.3 is 0 Å². The van der Waals surface area contributed by atoms with Crippen molar-refractivity contribution >= 4 is 43.2 Å². The summed E-state index contributed by atoms with van der Waals surface area (Å²) >= 11 is 1.49. The Morgan fingerprint density at radius 3 is 2.52 bits per heavy atom. The third kappa shape index (κ3) is 4.28. The number of aryl methyl sites for hydroxylation is 3. The van der Waals surface area contributed by atoms with Gasteiger partial charge in [0.2, 0.25) is 15.9 Å². The maximum Gasteiger partial charge on any atom is 0.262 e. The minimum atomic E-state index is -3.48. The first-order chi connectivity index (χ1) is 14.8. The lowest BCUT2D eigenvalue weighted by Crippen LogP contribution is -2.27. The number of thiophene rings is 1. The zero-order chi connectivity index (χ0) is 22.2. The SMILES string of the molecule is Cc1sc2ncn(CCC(=O)Nc3ccc(S(=O)(=O)N4CCCC4)cc3)c(=O)c2c1C. The molecule has 0 bridgehead atoms. The third-order valence-electron chi connectivity index (χ3n) is 5.58. The number of carbonyl (C=O) groups excluding carboxylic acids is 1. The Morgan fingerprint density at radius 2 is 1.84 bits per heavy atom. The van der Waals surface area contributed by atoms with E-state index in [2.05, 4.69) is 10.3 Å². The maximum atomic E-state index is 12.7. The van der Waals surface area contributed by atoms with Crippen LogP contribution in [0.2, 0.25) is 0 Å². The number of nitrogens with one attached hydrogen (secondary N) is 1. The molecule has 0 unspecified atom stereocenters. The Hall–Kier alpha value is -2.56. The molecule has 2 aromatic heterocycles. The second-order valence-corrected chi connectivity index (χ2v) is 10.8. The molecule has 164 valence electrons. The smallest absolute Gasteiger partial charge is 0.262 e. The molecule has 3 aromatic rings. The highest BCUT2D eigenvalue weighted by molar-refractivity contribution is 7.89. The number of amides is 1. The zero-order valence-electron chi connectivity index (χ0n) is 17.4. The highest BCUT2D eigenvalue weighted by Crippen LogP contribution is 2.25. The largest absolute Gasteiger partial charge is 0.326 e. The van der Waals surface area contributed by atoms with Crippen molar-refractivity contribution in [3.63, 3.8) is 0 Å². The predicted octanol–water partition coefficient (Wildman–Crippen LogP) is 2.89. The van der Waals surface area contributed by atoms with Gasteiger partial charge in [0, 0.05) is 36.6 Å². The molecule has 1 aliphatic rings. The van der Waals surface area contributed by atoms with Crippen LogP contribution in [0.15, 0.2) is 40.3 Å². The van der Waals surface area contributed by atoms with Gasteiger partial charge in [-0.3, -0.25) is 14.2 Å². The molecule has 1 fully saturated rings. The molecule has 1 aliphatic heterocycles. The summed E-state index contributed by atoms with van der Waals surface area (Å²) in [5.41, 5.74) is 1.30. The van der Waals surface area contributed by atoms with Crippen LogP contribution in [-0.4, -0.2) is 41.3 Å². The fourth-order valence-corrected chi connectivity index (χ4v) is 6.17. The highest BCUT2D eigenvalue weighted by atomic mass is 32.2. The Labute approximate surface area is 184 Å². The van der Waals surface area contributed by atoms with E-state index in [4.69, 9.17) is 0 Å². The molecule has 0 aliphatic carbocycles. The van der Waals surface area contributed by atoms with Gasteiger partial charge in [-0.1, -0.05) is 0 Å². The molecular formula is C21H24N4O4S2. The van der Waals surface area contributed by atoms with Gasteiger partial charge in [-0.25, -0.2) is 13.4 Å². The molecule has 10 heteroatoms. The zero-order valence-corrected chi connectivity index (χ0v) is 19.1. The van der Waals surface area contributed by atoms with Gasteiger partial charge in [-0.05, 0) is 56.5 Å². The van der Waals surface area contributed by atoms with Crippen LogP contribution < -0.4 is 10.9 Å². The molecule has 0 atom stereocenters. The monoisotopic (exact) mass is 460 g/mol. The van der Waals surface area contributed by atoms with Crippen molar-refractivity contribution in [3.05, 3.63) is 51.4 Å². The second-order valence-electron chi connectivity index (χ2n) is 7.64. The van der Waals surface area contributed by atoms with Gasteiger partial charge in [0.1, 0.15) is 4.83 Å². The Bertz CT molecular complexity index is 1290. The Morgan fingerprint density at radius 1 is 1.16 bits per heavy atom. The van der Waals surface area contributed by atoms with Crippen molar-refractivity contribution in [2.45, 2.75) is 44.6 Å². The van der Waals surface area contributed by atoms with Gasteiger partial charge in [0.05, 0.1) is 16.6 Å². The molecule has 31 heavy (non-hydrogen) atoms. The number of sulfonamides is 1. The lowest BCUT2D eigenvalue weighted by atomic mass is 10.2. The molecule has 0 radical (unpaired) electrons. The molecule has 0 saturated carbocycles. The van der Waals surface area contributed by atoms with Crippen molar-refractivity contribution in [2.24, 2.45) is 0 Å². The van der Waals surface area contributed by atoms with Crippen LogP contribution in [0.25, 0.3) is 10.2 Å². The number of carbonyl (C=O) groups is 1. The summed E-state index contributed by atoms with van der Waals surface area (Å²) in [7, 11) is -3.48. The van der Waals surface area contributed by atoms with Gasteiger partial charge in [0.25, 0.3) is 5.56 Å². The molecule has 1 saturated heterocycles. The summed E-state index contributed by atoms with van der Waals surface area (Å²) in [6.45, 7) is 5.17. The van der Waals surface area contributed by atoms with E-state index < -0.39 is 10.0 Å². The highest BCUT2D eigenvalue weighted by Gasteiger charge is 2.26. The van der Waals surface area contributed by atoms with Crippen molar-refractivity contribution in [1.29, 1.82) is 0 Å². The first kappa shape index (κ1) is 21.7. The van der Waals surface area contributed by atoms with Gasteiger partial charge in [0.15, 0.2) is 0 Å². The van der Waals surface area contributed by atoms with E-state index in [1.807, 2.05) is 13.8 Å². The molecule has 1 N–H and O–H groups in total. The Balaban J connectivity index is 1.40. The molecule has 0 spiro atoms. The quantitative estimate of drug-likeness (QED) is 0.610. The summed E-state index contributed by atoms with van der Waals surface area (Å²) in [6, 6.07) is 6.18. The van der Waals surface area contributed by atoms with E-state index in [-0.39, 0.29) is 29.3 Å². The van der Waals surface area contributed by atoms with E-state index in [1.165, 1.54) is 38.7 Å². The van der Waals surface area contributed by atoms with Gasteiger partial charge in [-0.15, -0.1) is 11.3 Å². The Kier molecular flexibility index (Phi) is 5.96. The van der Waals surface area contributed by atoms with Crippen molar-refractivity contribution in [3.8, 4) is 0 Å². The average Bonchev–Trinajstić information content (AvgIpc) is 3.38.